The lowest BCUT2D eigenvalue weighted by molar-refractivity contribution is -0.142. The third-order valence-corrected chi connectivity index (χ3v) is 9.33. The van der Waals surface area contributed by atoms with Crippen LogP contribution in [-0.4, -0.2) is 73.3 Å². The molecule has 4 N–H and O–H groups in total. The summed E-state index contributed by atoms with van der Waals surface area (Å²) in [5, 5.41) is 27.0. The number of rotatable bonds is 9. The van der Waals surface area contributed by atoms with E-state index in [1.807, 2.05) is 36.4 Å². The molecule has 4 aromatic rings. The first-order valence-corrected chi connectivity index (χ1v) is 15.3. The van der Waals surface area contributed by atoms with Crippen molar-refractivity contribution >= 4 is 46.4 Å². The van der Waals surface area contributed by atoms with E-state index in [4.69, 9.17) is 30.3 Å². The highest BCUT2D eigenvalue weighted by atomic mass is 32.5. The molecule has 3 heterocycles. The average molecular weight is 604 g/mol. The first kappa shape index (κ1) is 29.3. The first-order valence-electron chi connectivity index (χ1n) is 12.7. The standard InChI is InChI=1S/C26H30N5O8PS/c1-14(24(34)36-4)30-40(41,39-18-11-7-9-16-8-5-6-10-17(16)18)37-12-19-21(32)26(3,35)25(38-19)31-13-27-20-22(31)28-15(2)29-23(20)33/h5-11,13-14,19,21,25,32,35H,12H2,1-4H3,(H,30,41)(H,28,29,33)/t14?,19-,21-,25-,26-,40?/m1/s1. The topological polar surface area (TPSA) is 170 Å². The van der Waals surface area contributed by atoms with Crippen LogP contribution in [0.15, 0.2) is 53.6 Å². The van der Waals surface area contributed by atoms with Crippen LogP contribution >= 0.6 is 6.64 Å². The van der Waals surface area contributed by atoms with Crippen molar-refractivity contribution in [2.45, 2.75) is 50.8 Å². The van der Waals surface area contributed by atoms with E-state index in [-0.39, 0.29) is 17.8 Å². The molecule has 0 spiro atoms. The zero-order chi connectivity index (χ0) is 29.5. The number of aromatic nitrogens is 4. The van der Waals surface area contributed by atoms with Gasteiger partial charge in [-0.3, -0.25) is 14.2 Å². The van der Waals surface area contributed by atoms with E-state index < -0.39 is 48.2 Å². The van der Waals surface area contributed by atoms with Crippen LogP contribution in [0.3, 0.4) is 0 Å². The number of aromatic amines is 1. The lowest BCUT2D eigenvalue weighted by atomic mass is 9.96. The van der Waals surface area contributed by atoms with E-state index in [2.05, 4.69) is 20.0 Å². The van der Waals surface area contributed by atoms with Gasteiger partial charge in [0.1, 0.15) is 35.4 Å². The predicted octanol–water partition coefficient (Wildman–Crippen LogP) is 2.06. The first-order chi connectivity index (χ1) is 19.4. The minimum absolute atomic E-state index is 0.0594. The van der Waals surface area contributed by atoms with Gasteiger partial charge in [-0.05, 0) is 44.0 Å². The number of aryl methyl sites for hydroxylation is 1. The molecule has 2 unspecified atom stereocenters. The molecular formula is C26H30N5O8PS. The zero-order valence-electron chi connectivity index (χ0n) is 22.7. The van der Waals surface area contributed by atoms with Gasteiger partial charge in [0, 0.05) is 5.39 Å². The Morgan fingerprint density at radius 2 is 2.05 bits per heavy atom. The van der Waals surface area contributed by atoms with E-state index in [9.17, 15) is 19.8 Å². The van der Waals surface area contributed by atoms with Crippen LogP contribution in [0.1, 0.15) is 25.9 Å². The summed E-state index contributed by atoms with van der Waals surface area (Å²) in [6, 6.07) is 12.1. The molecule has 1 fully saturated rings. The van der Waals surface area contributed by atoms with Gasteiger partial charge in [-0.2, -0.15) is 0 Å². The maximum Gasteiger partial charge on any atom is 0.323 e. The molecule has 0 amide bonds. The van der Waals surface area contributed by atoms with Crippen LogP contribution in [0.25, 0.3) is 21.9 Å². The van der Waals surface area contributed by atoms with Gasteiger partial charge >= 0.3 is 12.6 Å². The van der Waals surface area contributed by atoms with E-state index in [0.717, 1.165) is 10.8 Å². The van der Waals surface area contributed by atoms with Crippen LogP contribution in [0, 0.1) is 6.92 Å². The number of nitrogens with zero attached hydrogens (tertiary/aromatic N) is 3. The quantitative estimate of drug-likeness (QED) is 0.162. The Labute approximate surface area is 239 Å². The van der Waals surface area contributed by atoms with Gasteiger partial charge in [0.2, 0.25) is 0 Å². The Balaban J connectivity index is 1.42. The molecule has 218 valence electrons. The summed E-state index contributed by atoms with van der Waals surface area (Å²) in [5.41, 5.74) is -2.03. The Kier molecular flexibility index (Phi) is 8.01. The summed E-state index contributed by atoms with van der Waals surface area (Å²) >= 11 is 5.81. The number of imidazole rings is 1. The highest BCUT2D eigenvalue weighted by Gasteiger charge is 2.54. The maximum atomic E-state index is 12.3. The van der Waals surface area contributed by atoms with E-state index in [1.165, 1.54) is 24.9 Å². The fourth-order valence-corrected chi connectivity index (χ4v) is 7.14. The molecule has 1 saturated heterocycles. The van der Waals surface area contributed by atoms with Crippen molar-refractivity contribution in [3.63, 3.8) is 0 Å². The summed E-state index contributed by atoms with van der Waals surface area (Å²) in [4.78, 5) is 35.5. The summed E-state index contributed by atoms with van der Waals surface area (Å²) in [6.45, 7) is 0.774. The molecule has 0 saturated carbocycles. The average Bonchev–Trinajstić information content (AvgIpc) is 3.45. The number of aliphatic hydroxyl groups is 2. The number of hydrogen-bond acceptors (Lipinski definition) is 11. The second-order valence-electron chi connectivity index (χ2n) is 9.91. The number of nitrogens with one attached hydrogen (secondary N) is 2. The number of H-pyrrole nitrogens is 1. The number of aliphatic hydroxyl groups excluding tert-OH is 1. The van der Waals surface area contributed by atoms with Gasteiger partial charge in [0.15, 0.2) is 17.4 Å². The molecule has 0 bridgehead atoms. The van der Waals surface area contributed by atoms with Crippen molar-refractivity contribution < 1.29 is 33.5 Å². The van der Waals surface area contributed by atoms with Gasteiger partial charge in [0.05, 0.1) is 20.0 Å². The SMILES string of the molecule is COC(=O)C(C)NP(=S)(OC[C@H]1O[C@@H](n2cnc3c(=O)[nH]c(C)nc32)[C@](C)(O)[C@@H]1O)Oc1cccc2ccccc12. The van der Waals surface area contributed by atoms with Crippen molar-refractivity contribution in [1.82, 2.24) is 24.6 Å². The second kappa shape index (κ2) is 11.2. The Morgan fingerprint density at radius 3 is 2.80 bits per heavy atom. The molecule has 41 heavy (non-hydrogen) atoms. The highest BCUT2D eigenvalue weighted by molar-refractivity contribution is 8.09. The lowest BCUT2D eigenvalue weighted by Crippen LogP contribution is -2.44. The Morgan fingerprint density at radius 1 is 1.32 bits per heavy atom. The van der Waals surface area contributed by atoms with Crippen molar-refractivity contribution in [1.29, 1.82) is 0 Å². The number of hydrogen-bond donors (Lipinski definition) is 4. The number of carbonyl (C=O) groups is 1. The third-order valence-electron chi connectivity index (χ3n) is 6.84. The van der Waals surface area contributed by atoms with Crippen molar-refractivity contribution in [2.75, 3.05) is 13.7 Å². The molecule has 5 rings (SSSR count). The monoisotopic (exact) mass is 603 g/mol. The third kappa shape index (κ3) is 5.64. The molecule has 0 radical (unpaired) electrons. The summed E-state index contributed by atoms with van der Waals surface area (Å²) in [7, 11) is 1.26. The van der Waals surface area contributed by atoms with Gasteiger partial charge in [-0.1, -0.05) is 36.4 Å². The van der Waals surface area contributed by atoms with E-state index in [0.29, 0.717) is 11.6 Å². The van der Waals surface area contributed by atoms with E-state index >= 15 is 0 Å². The molecule has 13 nitrogen and oxygen atoms in total. The molecule has 15 heteroatoms. The molecule has 6 atom stereocenters. The normalized spacial score (nSPS) is 24.8. The fraction of sp³-hybridized carbons (Fsp3) is 0.385. The molecule has 1 aliphatic rings. The summed E-state index contributed by atoms with van der Waals surface area (Å²) in [6.07, 6.45) is -2.37. The summed E-state index contributed by atoms with van der Waals surface area (Å²) in [5.74, 6) is 0.207. The maximum absolute atomic E-state index is 12.3. The summed E-state index contributed by atoms with van der Waals surface area (Å²) < 4.78 is 24.6. The number of carbonyl (C=O) groups excluding carboxylic acids is 1. The molecule has 1 aliphatic heterocycles. The van der Waals surface area contributed by atoms with Crippen molar-refractivity contribution in [3.05, 3.63) is 65.0 Å². The number of fused-ring (bicyclic) bond motifs is 2. The van der Waals surface area contributed by atoms with Crippen molar-refractivity contribution in [3.8, 4) is 5.75 Å². The smallest absolute Gasteiger partial charge is 0.323 e. The van der Waals surface area contributed by atoms with Crippen LogP contribution in [-0.2, 0) is 30.6 Å². The predicted molar refractivity (Wildman–Crippen MR) is 153 cm³/mol. The minimum atomic E-state index is -3.49. The van der Waals surface area contributed by atoms with Crippen molar-refractivity contribution in [2.24, 2.45) is 0 Å². The van der Waals surface area contributed by atoms with Gasteiger partial charge in [-0.25, -0.2) is 15.1 Å². The molecular weight excluding hydrogens is 573 g/mol. The number of ether oxygens (including phenoxy) is 2. The molecule has 2 aromatic heterocycles. The number of methoxy groups -OCH3 is 1. The Bertz CT molecular complexity index is 1700. The lowest BCUT2D eigenvalue weighted by Gasteiger charge is -2.28. The van der Waals surface area contributed by atoms with Gasteiger partial charge < -0.3 is 33.7 Å². The number of esters is 1. The van der Waals surface area contributed by atoms with Gasteiger partial charge in [-0.15, -0.1) is 0 Å². The largest absolute Gasteiger partial charge is 0.468 e. The molecule has 0 aliphatic carbocycles. The minimum Gasteiger partial charge on any atom is -0.468 e. The van der Waals surface area contributed by atoms with Crippen LogP contribution in [0.4, 0.5) is 0 Å². The molecule has 2 aromatic carbocycles. The van der Waals surface area contributed by atoms with E-state index in [1.54, 1.807) is 19.9 Å². The van der Waals surface area contributed by atoms with Crippen LogP contribution < -0.4 is 15.2 Å². The fourth-order valence-electron chi connectivity index (χ4n) is 4.72. The number of benzene rings is 2. The second-order valence-corrected chi connectivity index (χ2v) is 13.0. The van der Waals surface area contributed by atoms with Gasteiger partial charge in [0.25, 0.3) is 5.56 Å². The Hall–Kier alpha value is -3.23. The highest BCUT2D eigenvalue weighted by Crippen LogP contribution is 2.48. The van der Waals surface area contributed by atoms with Crippen LogP contribution in [0.2, 0.25) is 0 Å². The van der Waals surface area contributed by atoms with Crippen LogP contribution in [0.5, 0.6) is 5.75 Å². The zero-order valence-corrected chi connectivity index (χ0v) is 24.4.